The zero-order chi connectivity index (χ0) is 17.3. The van der Waals surface area contributed by atoms with Crippen molar-refractivity contribution in [2.75, 3.05) is 26.2 Å². The van der Waals surface area contributed by atoms with Gasteiger partial charge in [-0.15, -0.1) is 0 Å². The van der Waals surface area contributed by atoms with Crippen molar-refractivity contribution in [1.82, 2.24) is 0 Å². The van der Waals surface area contributed by atoms with Gasteiger partial charge in [0.15, 0.2) is 10.1 Å². The van der Waals surface area contributed by atoms with E-state index in [4.69, 9.17) is 13.0 Å². The zero-order valence-electron chi connectivity index (χ0n) is 13.5. The molecule has 0 saturated carbocycles. The van der Waals surface area contributed by atoms with Gasteiger partial charge < -0.3 is 9.04 Å². The number of unbranched alkanes of at least 4 members (excludes halogenated alkanes) is 3. The van der Waals surface area contributed by atoms with Crippen LogP contribution in [0.4, 0.5) is 13.2 Å². The van der Waals surface area contributed by atoms with Crippen molar-refractivity contribution in [3.8, 4) is 0 Å². The molecule has 0 atom stereocenters. The molecule has 0 aromatic rings. The summed E-state index contributed by atoms with van der Waals surface area (Å²) in [6, 6.07) is 0. The molecular formula is C14H28F3NO3S. The molecule has 1 fully saturated rings. The molecule has 0 aromatic carbocycles. The van der Waals surface area contributed by atoms with Gasteiger partial charge in [-0.3, -0.25) is 0 Å². The van der Waals surface area contributed by atoms with Crippen molar-refractivity contribution in [2.45, 2.75) is 64.3 Å². The first-order valence-electron chi connectivity index (χ1n) is 7.95. The Labute approximate surface area is 132 Å². The van der Waals surface area contributed by atoms with Gasteiger partial charge in [-0.05, 0) is 19.3 Å². The van der Waals surface area contributed by atoms with Gasteiger partial charge in [-0.1, -0.05) is 26.7 Å². The van der Waals surface area contributed by atoms with Crippen LogP contribution in [0, 0.1) is 0 Å². The normalized spacial score (nSPS) is 17.9. The van der Waals surface area contributed by atoms with E-state index in [1.54, 1.807) is 0 Å². The molecule has 4 nitrogen and oxygen atoms in total. The van der Waals surface area contributed by atoms with Crippen LogP contribution in [0.5, 0.6) is 0 Å². The van der Waals surface area contributed by atoms with E-state index in [0.29, 0.717) is 0 Å². The van der Waals surface area contributed by atoms with Crippen molar-refractivity contribution in [3.63, 3.8) is 0 Å². The van der Waals surface area contributed by atoms with Gasteiger partial charge in [0.25, 0.3) is 0 Å². The molecule has 1 heterocycles. The van der Waals surface area contributed by atoms with Crippen molar-refractivity contribution in [3.05, 3.63) is 0 Å². The summed E-state index contributed by atoms with van der Waals surface area (Å²) in [4.78, 5) is 0. The predicted octanol–water partition coefficient (Wildman–Crippen LogP) is 3.64. The fourth-order valence-corrected chi connectivity index (χ4v) is 2.91. The Morgan fingerprint density at radius 1 is 0.955 bits per heavy atom. The second-order valence-electron chi connectivity index (χ2n) is 5.90. The maximum Gasteiger partial charge on any atom is 0.485 e. The summed E-state index contributed by atoms with van der Waals surface area (Å²) in [5.74, 6) is 0. The minimum Gasteiger partial charge on any atom is -0.741 e. The van der Waals surface area contributed by atoms with Gasteiger partial charge in [-0.25, -0.2) is 8.42 Å². The number of likely N-dealkylation sites (tertiary alicyclic amines) is 1. The monoisotopic (exact) mass is 347 g/mol. The van der Waals surface area contributed by atoms with Crippen LogP contribution >= 0.6 is 0 Å². The van der Waals surface area contributed by atoms with Gasteiger partial charge in [0.1, 0.15) is 0 Å². The number of rotatable bonds is 7. The second kappa shape index (κ2) is 9.72. The summed E-state index contributed by atoms with van der Waals surface area (Å²) >= 11 is 0. The quantitative estimate of drug-likeness (QED) is 0.306. The van der Waals surface area contributed by atoms with Gasteiger partial charge in [0.2, 0.25) is 0 Å². The van der Waals surface area contributed by atoms with E-state index in [9.17, 15) is 13.2 Å². The molecule has 0 aromatic heterocycles. The van der Waals surface area contributed by atoms with Gasteiger partial charge in [-0.2, -0.15) is 13.2 Å². The second-order valence-corrected chi connectivity index (χ2v) is 7.27. The Morgan fingerprint density at radius 2 is 1.45 bits per heavy atom. The molecular weight excluding hydrogens is 319 g/mol. The average molecular weight is 347 g/mol. The highest BCUT2D eigenvalue weighted by molar-refractivity contribution is 7.86. The van der Waals surface area contributed by atoms with Gasteiger partial charge in [0.05, 0.1) is 26.2 Å². The standard InChI is InChI=1S/C13H28N.CHF3O3S/c1-3-5-6-7-11-14(10-4-2)12-8-9-13-14;2-1(3,4)8(5,6)7/h3-13H2,1-2H3;(H,5,6,7)/q+1;/p-1. The highest BCUT2D eigenvalue weighted by atomic mass is 32.2. The number of quaternary nitrogens is 1. The number of halogens is 3. The van der Waals surface area contributed by atoms with Crippen LogP contribution < -0.4 is 0 Å². The fraction of sp³-hybridized carbons (Fsp3) is 1.00. The van der Waals surface area contributed by atoms with E-state index in [2.05, 4.69) is 13.8 Å². The smallest absolute Gasteiger partial charge is 0.485 e. The molecule has 1 aliphatic rings. The lowest BCUT2D eigenvalue weighted by atomic mass is 10.2. The van der Waals surface area contributed by atoms with Gasteiger partial charge in [0, 0.05) is 12.8 Å². The van der Waals surface area contributed by atoms with Crippen LogP contribution in [0.3, 0.4) is 0 Å². The molecule has 0 radical (unpaired) electrons. The summed E-state index contributed by atoms with van der Waals surface area (Å²) in [5, 5.41) is 0. The molecule has 1 aliphatic heterocycles. The minimum atomic E-state index is -6.09. The van der Waals surface area contributed by atoms with Crippen LogP contribution in [0.25, 0.3) is 0 Å². The molecule has 134 valence electrons. The lowest BCUT2D eigenvalue weighted by Crippen LogP contribution is -2.46. The number of hydrogen-bond donors (Lipinski definition) is 0. The lowest BCUT2D eigenvalue weighted by Gasteiger charge is -2.34. The van der Waals surface area contributed by atoms with Crippen molar-refractivity contribution >= 4 is 10.1 Å². The van der Waals surface area contributed by atoms with Crippen molar-refractivity contribution in [2.24, 2.45) is 0 Å². The van der Waals surface area contributed by atoms with E-state index >= 15 is 0 Å². The minimum absolute atomic E-state index is 1.37. The SMILES string of the molecule is CCCCCC[N+]1(CCC)CCCC1.O=S(=O)([O-])C(F)(F)F. The third-order valence-electron chi connectivity index (χ3n) is 3.98. The molecule has 0 aliphatic carbocycles. The summed E-state index contributed by atoms with van der Waals surface area (Å²) in [6.07, 6.45) is 10.1. The summed E-state index contributed by atoms with van der Waals surface area (Å²) in [7, 11) is -6.09. The Bertz CT molecular complexity index is 391. The summed E-state index contributed by atoms with van der Waals surface area (Å²) in [6.45, 7) is 10.5. The molecule has 0 bridgehead atoms. The van der Waals surface area contributed by atoms with Crippen LogP contribution in [0.2, 0.25) is 0 Å². The maximum atomic E-state index is 10.7. The summed E-state index contributed by atoms with van der Waals surface area (Å²) in [5.41, 5.74) is -5.65. The number of hydrogen-bond acceptors (Lipinski definition) is 3. The Hall–Kier alpha value is -0.340. The first-order valence-corrected chi connectivity index (χ1v) is 9.36. The van der Waals surface area contributed by atoms with Crippen LogP contribution in [-0.2, 0) is 10.1 Å². The lowest BCUT2D eigenvalue weighted by molar-refractivity contribution is -0.917. The van der Waals surface area contributed by atoms with E-state index in [0.717, 1.165) is 0 Å². The molecule has 0 amide bonds. The Kier molecular flexibility index (Phi) is 9.57. The first kappa shape index (κ1) is 21.7. The Balaban J connectivity index is 0.000000472. The van der Waals surface area contributed by atoms with Crippen molar-refractivity contribution < 1.29 is 30.6 Å². The van der Waals surface area contributed by atoms with E-state index in [1.807, 2.05) is 0 Å². The highest BCUT2D eigenvalue weighted by Crippen LogP contribution is 2.21. The van der Waals surface area contributed by atoms with E-state index in [1.165, 1.54) is 75.6 Å². The topological polar surface area (TPSA) is 57.2 Å². The van der Waals surface area contributed by atoms with E-state index in [-0.39, 0.29) is 0 Å². The molecule has 1 saturated heterocycles. The summed E-state index contributed by atoms with van der Waals surface area (Å²) < 4.78 is 60.4. The molecule has 0 unspecified atom stereocenters. The molecule has 22 heavy (non-hydrogen) atoms. The Morgan fingerprint density at radius 3 is 1.82 bits per heavy atom. The van der Waals surface area contributed by atoms with Crippen LogP contribution in [0.1, 0.15) is 58.8 Å². The molecule has 8 heteroatoms. The third-order valence-corrected chi connectivity index (χ3v) is 4.55. The molecule has 1 rings (SSSR count). The average Bonchev–Trinajstić information content (AvgIpc) is 2.83. The first-order chi connectivity index (χ1) is 10.1. The van der Waals surface area contributed by atoms with E-state index < -0.39 is 15.6 Å². The molecule has 0 spiro atoms. The largest absolute Gasteiger partial charge is 0.741 e. The molecule has 0 N–H and O–H groups in total. The van der Waals surface area contributed by atoms with Crippen LogP contribution in [-0.4, -0.2) is 49.1 Å². The maximum absolute atomic E-state index is 10.7. The number of nitrogens with zero attached hydrogens (tertiary/aromatic N) is 1. The fourth-order valence-electron chi connectivity index (χ4n) is 2.91. The van der Waals surface area contributed by atoms with Crippen LogP contribution in [0.15, 0.2) is 0 Å². The van der Waals surface area contributed by atoms with Gasteiger partial charge >= 0.3 is 5.51 Å². The highest BCUT2D eigenvalue weighted by Gasteiger charge is 2.36. The van der Waals surface area contributed by atoms with Crippen molar-refractivity contribution in [1.29, 1.82) is 0 Å². The predicted molar refractivity (Wildman–Crippen MR) is 79.1 cm³/mol. The zero-order valence-corrected chi connectivity index (χ0v) is 14.3. The third kappa shape index (κ3) is 8.33. The number of alkyl halides is 3.